The van der Waals surface area contributed by atoms with Crippen LogP contribution in [-0.4, -0.2) is 23.0 Å². The van der Waals surface area contributed by atoms with E-state index in [1.54, 1.807) is 24.3 Å². The van der Waals surface area contributed by atoms with Gasteiger partial charge in [-0.1, -0.05) is 42.5 Å². The number of aryl methyl sites for hydroxylation is 1. The molecule has 132 valence electrons. The summed E-state index contributed by atoms with van der Waals surface area (Å²) in [6, 6.07) is 12.0. The quantitative estimate of drug-likeness (QED) is 0.837. The molecule has 2 N–H and O–H groups in total. The molecule has 0 unspecified atom stereocenters. The van der Waals surface area contributed by atoms with E-state index >= 15 is 0 Å². The molecule has 4 nitrogen and oxygen atoms in total. The zero-order chi connectivity index (χ0) is 18.4. The van der Waals surface area contributed by atoms with Crippen molar-refractivity contribution in [2.24, 2.45) is 0 Å². The van der Waals surface area contributed by atoms with Crippen LogP contribution in [0, 0.1) is 0 Å². The van der Waals surface area contributed by atoms with Crippen molar-refractivity contribution in [3.8, 4) is 0 Å². The van der Waals surface area contributed by atoms with Gasteiger partial charge >= 0.3 is 12.1 Å². The average molecular weight is 351 g/mol. The summed E-state index contributed by atoms with van der Waals surface area (Å²) in [6.45, 7) is 0. The van der Waals surface area contributed by atoms with Crippen molar-refractivity contribution in [3.63, 3.8) is 0 Å². The summed E-state index contributed by atoms with van der Waals surface area (Å²) in [6.07, 6.45) is -4.25. The van der Waals surface area contributed by atoms with Gasteiger partial charge in [0.05, 0.1) is 11.1 Å². The second-order valence-corrected chi connectivity index (χ2v) is 5.43. The predicted molar refractivity (Wildman–Crippen MR) is 85.1 cm³/mol. The van der Waals surface area contributed by atoms with Crippen molar-refractivity contribution in [3.05, 3.63) is 71.3 Å². The highest BCUT2D eigenvalue weighted by molar-refractivity contribution is 5.98. The fourth-order valence-corrected chi connectivity index (χ4v) is 2.38. The lowest BCUT2D eigenvalue weighted by molar-refractivity contribution is -0.139. The zero-order valence-electron chi connectivity index (χ0n) is 13.1. The second kappa shape index (κ2) is 7.83. The van der Waals surface area contributed by atoms with Crippen molar-refractivity contribution in [1.29, 1.82) is 0 Å². The second-order valence-electron chi connectivity index (χ2n) is 5.43. The van der Waals surface area contributed by atoms with Crippen molar-refractivity contribution in [2.75, 3.05) is 0 Å². The summed E-state index contributed by atoms with van der Waals surface area (Å²) in [5, 5.41) is 11.4. The number of nitrogens with one attached hydrogen (secondary N) is 1. The van der Waals surface area contributed by atoms with Crippen LogP contribution in [0.5, 0.6) is 0 Å². The third-order valence-corrected chi connectivity index (χ3v) is 3.65. The fraction of sp³-hybridized carbons (Fsp3) is 0.222. The van der Waals surface area contributed by atoms with Crippen molar-refractivity contribution in [2.45, 2.75) is 25.1 Å². The SMILES string of the molecule is O=C(N[C@@H](CCc1ccccc1)C(=O)O)c1ccccc1C(F)(F)F. The van der Waals surface area contributed by atoms with E-state index in [4.69, 9.17) is 0 Å². The molecule has 0 heterocycles. The highest BCUT2D eigenvalue weighted by Crippen LogP contribution is 2.31. The number of carbonyl (C=O) groups excluding carboxylic acids is 1. The average Bonchev–Trinajstić information content (AvgIpc) is 2.58. The van der Waals surface area contributed by atoms with Gasteiger partial charge in [-0.2, -0.15) is 13.2 Å². The highest BCUT2D eigenvalue weighted by Gasteiger charge is 2.35. The molecule has 0 fully saturated rings. The number of carboxylic acid groups (broad SMARTS) is 1. The highest BCUT2D eigenvalue weighted by atomic mass is 19.4. The number of hydrogen-bond acceptors (Lipinski definition) is 2. The van der Waals surface area contributed by atoms with E-state index in [-0.39, 0.29) is 6.42 Å². The fourth-order valence-electron chi connectivity index (χ4n) is 2.38. The van der Waals surface area contributed by atoms with Gasteiger partial charge in [0.25, 0.3) is 5.91 Å². The van der Waals surface area contributed by atoms with Gasteiger partial charge in [0, 0.05) is 0 Å². The Morgan fingerprint density at radius 3 is 2.20 bits per heavy atom. The molecule has 7 heteroatoms. The van der Waals surface area contributed by atoms with Gasteiger partial charge in [-0.25, -0.2) is 4.79 Å². The molecular formula is C18H16F3NO3. The first-order chi connectivity index (χ1) is 11.8. The van der Waals surface area contributed by atoms with E-state index in [2.05, 4.69) is 5.32 Å². The molecule has 0 bridgehead atoms. The minimum Gasteiger partial charge on any atom is -0.480 e. The lowest BCUT2D eigenvalue weighted by atomic mass is 10.0. The third kappa shape index (κ3) is 5.07. The molecule has 1 amide bonds. The first-order valence-corrected chi connectivity index (χ1v) is 7.53. The standard InChI is InChI=1S/C18H16F3NO3/c19-18(20,21)14-9-5-4-8-13(14)16(23)22-15(17(24)25)11-10-12-6-2-1-3-7-12/h1-9,15H,10-11H2,(H,22,23)(H,24,25)/t15-/m0/s1. The summed E-state index contributed by atoms with van der Waals surface area (Å²) in [5.41, 5.74) is -0.820. The zero-order valence-corrected chi connectivity index (χ0v) is 13.1. The minimum atomic E-state index is -4.70. The van der Waals surface area contributed by atoms with E-state index < -0.39 is 35.2 Å². The maximum absolute atomic E-state index is 13.0. The van der Waals surface area contributed by atoms with Crippen LogP contribution in [0.15, 0.2) is 54.6 Å². The number of amides is 1. The molecule has 0 saturated carbocycles. The Morgan fingerprint density at radius 2 is 1.60 bits per heavy atom. The number of aliphatic carboxylic acids is 1. The van der Waals surface area contributed by atoms with Crippen LogP contribution in [0.4, 0.5) is 13.2 Å². The molecular weight excluding hydrogens is 335 g/mol. The van der Waals surface area contributed by atoms with Crippen LogP contribution in [0.2, 0.25) is 0 Å². The number of rotatable bonds is 6. The van der Waals surface area contributed by atoms with Gasteiger partial charge in [0.2, 0.25) is 0 Å². The number of hydrogen-bond donors (Lipinski definition) is 2. The van der Waals surface area contributed by atoms with E-state index in [1.165, 1.54) is 12.1 Å². The normalized spacial score (nSPS) is 12.4. The minimum absolute atomic E-state index is 0.0687. The summed E-state index contributed by atoms with van der Waals surface area (Å²) >= 11 is 0. The Morgan fingerprint density at radius 1 is 1.00 bits per heavy atom. The summed E-state index contributed by atoms with van der Waals surface area (Å²) < 4.78 is 38.9. The van der Waals surface area contributed by atoms with E-state index in [0.29, 0.717) is 6.42 Å². The van der Waals surface area contributed by atoms with Gasteiger partial charge in [0.1, 0.15) is 6.04 Å². The third-order valence-electron chi connectivity index (χ3n) is 3.65. The Kier molecular flexibility index (Phi) is 5.80. The van der Waals surface area contributed by atoms with Crippen LogP contribution >= 0.6 is 0 Å². The molecule has 2 rings (SSSR count). The van der Waals surface area contributed by atoms with E-state index in [1.807, 2.05) is 6.07 Å². The molecule has 0 aliphatic carbocycles. The van der Waals surface area contributed by atoms with Crippen LogP contribution in [0.1, 0.15) is 27.9 Å². The molecule has 2 aromatic carbocycles. The van der Waals surface area contributed by atoms with Crippen molar-refractivity contribution < 1.29 is 27.9 Å². The molecule has 0 radical (unpaired) electrons. The largest absolute Gasteiger partial charge is 0.480 e. The van der Waals surface area contributed by atoms with Gasteiger partial charge in [-0.05, 0) is 30.5 Å². The number of benzene rings is 2. The van der Waals surface area contributed by atoms with Crippen molar-refractivity contribution >= 4 is 11.9 Å². The number of carboxylic acids is 1. The molecule has 0 saturated heterocycles. The first kappa shape index (κ1) is 18.5. The molecule has 2 aromatic rings. The maximum atomic E-state index is 13.0. The van der Waals surface area contributed by atoms with Crippen LogP contribution in [-0.2, 0) is 17.4 Å². The first-order valence-electron chi connectivity index (χ1n) is 7.53. The molecule has 0 spiro atoms. The Bertz CT molecular complexity index is 745. The maximum Gasteiger partial charge on any atom is 0.417 e. The molecule has 0 aliphatic rings. The lowest BCUT2D eigenvalue weighted by Crippen LogP contribution is -2.41. The van der Waals surface area contributed by atoms with Crippen LogP contribution < -0.4 is 5.32 Å². The number of alkyl halides is 3. The van der Waals surface area contributed by atoms with Gasteiger partial charge < -0.3 is 10.4 Å². The monoisotopic (exact) mass is 351 g/mol. The van der Waals surface area contributed by atoms with Crippen LogP contribution in [0.3, 0.4) is 0 Å². The van der Waals surface area contributed by atoms with E-state index in [0.717, 1.165) is 17.7 Å². The number of carbonyl (C=O) groups is 2. The Hall–Kier alpha value is -2.83. The number of halogens is 3. The molecule has 0 aliphatic heterocycles. The lowest BCUT2D eigenvalue weighted by Gasteiger charge is -2.17. The van der Waals surface area contributed by atoms with Gasteiger partial charge in [-0.15, -0.1) is 0 Å². The van der Waals surface area contributed by atoms with Crippen LogP contribution in [0.25, 0.3) is 0 Å². The summed E-state index contributed by atoms with van der Waals surface area (Å²) in [7, 11) is 0. The van der Waals surface area contributed by atoms with Gasteiger partial charge in [-0.3, -0.25) is 4.79 Å². The van der Waals surface area contributed by atoms with Gasteiger partial charge in [0.15, 0.2) is 0 Å². The van der Waals surface area contributed by atoms with Crippen molar-refractivity contribution in [1.82, 2.24) is 5.32 Å². The Balaban J connectivity index is 2.12. The molecule has 1 atom stereocenters. The molecule has 0 aromatic heterocycles. The van der Waals surface area contributed by atoms with E-state index in [9.17, 15) is 27.9 Å². The molecule has 25 heavy (non-hydrogen) atoms. The predicted octanol–water partition coefficient (Wildman–Crippen LogP) is 3.52. The summed E-state index contributed by atoms with van der Waals surface area (Å²) in [5.74, 6) is -2.36. The topological polar surface area (TPSA) is 66.4 Å². The Labute approximate surface area is 142 Å². The smallest absolute Gasteiger partial charge is 0.417 e. The summed E-state index contributed by atoms with van der Waals surface area (Å²) in [4.78, 5) is 23.5.